The maximum atomic E-state index is 12.9. The van der Waals surface area contributed by atoms with Gasteiger partial charge in [0.1, 0.15) is 0 Å². The van der Waals surface area contributed by atoms with Gasteiger partial charge in [-0.1, -0.05) is 54.6 Å². The number of para-hydroxylation sites is 2. The molecule has 2 amide bonds. The molecule has 0 fully saturated rings. The van der Waals surface area contributed by atoms with Crippen molar-refractivity contribution in [3.05, 3.63) is 95.6 Å². The molecule has 160 valence electrons. The van der Waals surface area contributed by atoms with Gasteiger partial charge in [0.2, 0.25) is 10.0 Å². The fourth-order valence-electron chi connectivity index (χ4n) is 3.05. The van der Waals surface area contributed by atoms with E-state index in [-0.39, 0.29) is 23.2 Å². The lowest BCUT2D eigenvalue weighted by Gasteiger charge is -2.17. The lowest BCUT2D eigenvalue weighted by molar-refractivity contribution is 0.0940. The Morgan fingerprint density at radius 3 is 1.87 bits per heavy atom. The maximum Gasteiger partial charge on any atom is 0.257 e. The number of hydrogen-bond acceptors (Lipinski definition) is 4. The molecule has 0 unspecified atom stereocenters. The molecule has 31 heavy (non-hydrogen) atoms. The van der Waals surface area contributed by atoms with Crippen molar-refractivity contribution in [3.63, 3.8) is 0 Å². The van der Waals surface area contributed by atoms with Gasteiger partial charge in [-0.25, -0.2) is 8.42 Å². The van der Waals surface area contributed by atoms with Gasteiger partial charge in [-0.05, 0) is 36.8 Å². The second-order valence-corrected chi connectivity index (χ2v) is 8.77. The summed E-state index contributed by atoms with van der Waals surface area (Å²) in [6.45, 7) is 1.88. The normalized spacial score (nSPS) is 11.9. The first-order valence-corrected chi connectivity index (χ1v) is 11.5. The molecular weight excluding hydrogens is 414 g/mol. The number of hydrogen-bond donors (Lipinski definition) is 3. The predicted octanol–water partition coefficient (Wildman–Crippen LogP) is 3.80. The van der Waals surface area contributed by atoms with Gasteiger partial charge < -0.3 is 10.6 Å². The van der Waals surface area contributed by atoms with Crippen LogP contribution < -0.4 is 15.4 Å². The number of carbonyl (C=O) groups is 2. The predicted molar refractivity (Wildman–Crippen MR) is 122 cm³/mol. The summed E-state index contributed by atoms with van der Waals surface area (Å²) < 4.78 is 25.5. The molecule has 0 radical (unpaired) electrons. The van der Waals surface area contributed by atoms with Gasteiger partial charge in [0.15, 0.2) is 0 Å². The van der Waals surface area contributed by atoms with Crippen molar-refractivity contribution in [3.8, 4) is 0 Å². The Kier molecular flexibility index (Phi) is 6.71. The zero-order valence-corrected chi connectivity index (χ0v) is 17.9. The molecule has 8 heteroatoms. The van der Waals surface area contributed by atoms with Crippen LogP contribution in [0.1, 0.15) is 39.2 Å². The van der Waals surface area contributed by atoms with Crippen LogP contribution in [0.2, 0.25) is 0 Å². The monoisotopic (exact) mass is 437 g/mol. The number of amides is 2. The molecule has 0 aromatic heterocycles. The number of benzene rings is 3. The Hall–Kier alpha value is -3.65. The van der Waals surface area contributed by atoms with E-state index < -0.39 is 15.9 Å². The smallest absolute Gasteiger partial charge is 0.257 e. The molecule has 0 spiro atoms. The van der Waals surface area contributed by atoms with E-state index in [4.69, 9.17) is 0 Å². The van der Waals surface area contributed by atoms with Crippen LogP contribution in [0.4, 0.5) is 11.4 Å². The third kappa shape index (κ3) is 5.93. The van der Waals surface area contributed by atoms with E-state index in [0.29, 0.717) is 11.3 Å². The summed E-state index contributed by atoms with van der Waals surface area (Å²) in [4.78, 5) is 25.7. The Morgan fingerprint density at radius 1 is 0.742 bits per heavy atom. The lowest BCUT2D eigenvalue weighted by Crippen LogP contribution is -2.28. The first-order chi connectivity index (χ1) is 14.7. The van der Waals surface area contributed by atoms with Gasteiger partial charge in [-0.2, -0.15) is 0 Å². The van der Waals surface area contributed by atoms with E-state index in [0.717, 1.165) is 11.8 Å². The van der Waals surface area contributed by atoms with Gasteiger partial charge in [0.05, 0.1) is 34.8 Å². The number of rotatable bonds is 7. The first-order valence-electron chi connectivity index (χ1n) is 9.57. The Morgan fingerprint density at radius 2 is 1.26 bits per heavy atom. The number of anilines is 2. The van der Waals surface area contributed by atoms with Crippen LogP contribution in [0.5, 0.6) is 0 Å². The SMILES string of the molecule is C[C@@H](NC(=O)c1ccccc1NC(=O)c1ccccc1NS(C)(=O)=O)c1ccccc1. The van der Waals surface area contributed by atoms with E-state index in [9.17, 15) is 18.0 Å². The Balaban J connectivity index is 1.81. The highest BCUT2D eigenvalue weighted by Gasteiger charge is 2.18. The highest BCUT2D eigenvalue weighted by atomic mass is 32.2. The third-order valence-electron chi connectivity index (χ3n) is 4.53. The molecule has 0 aliphatic carbocycles. The Labute approximate surface area is 181 Å². The molecule has 0 bridgehead atoms. The quantitative estimate of drug-likeness (QED) is 0.523. The van der Waals surface area contributed by atoms with E-state index in [1.54, 1.807) is 36.4 Å². The average molecular weight is 438 g/mol. The molecule has 1 atom stereocenters. The first kappa shape index (κ1) is 22.0. The van der Waals surface area contributed by atoms with Crippen molar-refractivity contribution in [2.24, 2.45) is 0 Å². The minimum Gasteiger partial charge on any atom is -0.345 e. The number of sulfonamides is 1. The van der Waals surface area contributed by atoms with Crippen molar-refractivity contribution >= 4 is 33.2 Å². The molecule has 0 aliphatic heterocycles. The van der Waals surface area contributed by atoms with Gasteiger partial charge in [0.25, 0.3) is 11.8 Å². The van der Waals surface area contributed by atoms with Crippen LogP contribution in [0.15, 0.2) is 78.9 Å². The second kappa shape index (κ2) is 9.44. The van der Waals surface area contributed by atoms with Gasteiger partial charge >= 0.3 is 0 Å². The van der Waals surface area contributed by atoms with Crippen LogP contribution >= 0.6 is 0 Å². The lowest BCUT2D eigenvalue weighted by atomic mass is 10.1. The van der Waals surface area contributed by atoms with Crippen molar-refractivity contribution < 1.29 is 18.0 Å². The second-order valence-electron chi connectivity index (χ2n) is 7.03. The zero-order valence-electron chi connectivity index (χ0n) is 17.1. The van der Waals surface area contributed by atoms with Crippen LogP contribution in [0, 0.1) is 0 Å². The van der Waals surface area contributed by atoms with Crippen LogP contribution in [-0.4, -0.2) is 26.5 Å². The largest absolute Gasteiger partial charge is 0.345 e. The number of nitrogens with one attached hydrogen (secondary N) is 3. The summed E-state index contributed by atoms with van der Waals surface area (Å²) >= 11 is 0. The average Bonchev–Trinajstić information content (AvgIpc) is 2.74. The molecule has 3 rings (SSSR count). The third-order valence-corrected chi connectivity index (χ3v) is 5.12. The van der Waals surface area contributed by atoms with Gasteiger partial charge in [-0.15, -0.1) is 0 Å². The summed E-state index contributed by atoms with van der Waals surface area (Å²) in [5.74, 6) is -0.877. The summed E-state index contributed by atoms with van der Waals surface area (Å²) in [5.41, 5.74) is 1.87. The summed E-state index contributed by atoms with van der Waals surface area (Å²) in [6, 6.07) is 22.2. The molecule has 0 saturated heterocycles. The van der Waals surface area contributed by atoms with Crippen molar-refractivity contribution in [1.29, 1.82) is 0 Å². The van der Waals surface area contributed by atoms with E-state index in [1.165, 1.54) is 12.1 Å². The van der Waals surface area contributed by atoms with Gasteiger partial charge in [-0.3, -0.25) is 14.3 Å². The van der Waals surface area contributed by atoms with Crippen molar-refractivity contribution in [1.82, 2.24) is 5.32 Å². The van der Waals surface area contributed by atoms with Crippen LogP contribution in [0.3, 0.4) is 0 Å². The minimum atomic E-state index is -3.56. The maximum absolute atomic E-state index is 12.9. The van der Waals surface area contributed by atoms with Crippen LogP contribution in [-0.2, 0) is 10.0 Å². The standard InChI is InChI=1S/C23H23N3O4S/c1-16(17-10-4-3-5-11-17)24-22(27)18-12-6-8-14-20(18)25-23(28)19-13-7-9-15-21(19)26-31(2,29)30/h3-16,26H,1-2H3,(H,24,27)(H,25,28)/t16-/m1/s1. The molecule has 3 N–H and O–H groups in total. The minimum absolute atomic E-state index is 0.140. The topological polar surface area (TPSA) is 104 Å². The van der Waals surface area contributed by atoms with E-state index in [1.807, 2.05) is 37.3 Å². The highest BCUT2D eigenvalue weighted by molar-refractivity contribution is 7.92. The van der Waals surface area contributed by atoms with E-state index in [2.05, 4.69) is 15.4 Å². The summed E-state index contributed by atoms with van der Waals surface area (Å²) in [7, 11) is -3.56. The molecule has 7 nitrogen and oxygen atoms in total. The highest BCUT2D eigenvalue weighted by Crippen LogP contribution is 2.21. The molecular formula is C23H23N3O4S. The zero-order chi connectivity index (χ0) is 22.4. The fourth-order valence-corrected chi connectivity index (χ4v) is 3.63. The van der Waals surface area contributed by atoms with Crippen LogP contribution in [0.25, 0.3) is 0 Å². The number of carbonyl (C=O) groups excluding carboxylic acids is 2. The van der Waals surface area contributed by atoms with Crippen molar-refractivity contribution in [2.75, 3.05) is 16.3 Å². The molecule has 3 aromatic rings. The van der Waals surface area contributed by atoms with E-state index >= 15 is 0 Å². The summed E-state index contributed by atoms with van der Waals surface area (Å²) in [6.07, 6.45) is 1.01. The Bertz CT molecular complexity index is 1190. The summed E-state index contributed by atoms with van der Waals surface area (Å²) in [5, 5.41) is 5.64. The molecule has 0 saturated carbocycles. The molecule has 0 aliphatic rings. The molecule has 3 aromatic carbocycles. The van der Waals surface area contributed by atoms with Gasteiger partial charge in [0, 0.05) is 0 Å². The van der Waals surface area contributed by atoms with Crippen molar-refractivity contribution in [2.45, 2.75) is 13.0 Å². The molecule has 0 heterocycles. The fraction of sp³-hybridized carbons (Fsp3) is 0.130.